The van der Waals surface area contributed by atoms with Crippen LogP contribution in [0.3, 0.4) is 0 Å². The Labute approximate surface area is 127 Å². The van der Waals surface area contributed by atoms with E-state index >= 15 is 0 Å². The summed E-state index contributed by atoms with van der Waals surface area (Å²) in [6.45, 7) is 3.74. The molecule has 0 aliphatic carbocycles. The zero-order valence-electron chi connectivity index (χ0n) is 11.7. The first-order chi connectivity index (χ1) is 9.52. The maximum Gasteiger partial charge on any atom is 0.124 e. The van der Waals surface area contributed by atoms with Crippen LogP contribution in [0.5, 0.6) is 0 Å². The van der Waals surface area contributed by atoms with Crippen LogP contribution in [-0.4, -0.2) is 30.5 Å². The maximum atomic E-state index is 13.5. The highest BCUT2D eigenvalue weighted by Crippen LogP contribution is 2.25. The van der Waals surface area contributed by atoms with Gasteiger partial charge in [0.15, 0.2) is 0 Å². The van der Waals surface area contributed by atoms with Gasteiger partial charge < -0.3 is 15.2 Å². The predicted molar refractivity (Wildman–Crippen MR) is 80.1 cm³/mol. The normalized spacial score (nSPS) is 19.8. The van der Waals surface area contributed by atoms with Gasteiger partial charge in [0.05, 0.1) is 5.60 Å². The zero-order chi connectivity index (χ0) is 14.6. The van der Waals surface area contributed by atoms with E-state index in [0.717, 1.165) is 16.5 Å². The molecule has 1 unspecified atom stereocenters. The van der Waals surface area contributed by atoms with E-state index in [9.17, 15) is 9.50 Å². The number of nitrogens with one attached hydrogen (secondary N) is 1. The van der Waals surface area contributed by atoms with E-state index in [4.69, 9.17) is 4.74 Å². The van der Waals surface area contributed by atoms with Crippen molar-refractivity contribution in [2.24, 2.45) is 0 Å². The molecular weight excluding hydrogens is 325 g/mol. The van der Waals surface area contributed by atoms with Crippen LogP contribution in [0.15, 0.2) is 22.7 Å². The summed E-state index contributed by atoms with van der Waals surface area (Å²) in [6, 6.07) is 4.94. The largest absolute Gasteiger partial charge is 0.388 e. The van der Waals surface area contributed by atoms with Crippen LogP contribution in [0.4, 0.5) is 4.39 Å². The molecule has 1 aliphatic heterocycles. The molecule has 1 saturated heterocycles. The topological polar surface area (TPSA) is 41.5 Å². The fraction of sp³-hybridized carbons (Fsp3) is 0.600. The first kappa shape index (κ1) is 15.9. The van der Waals surface area contributed by atoms with Crippen molar-refractivity contribution in [3.8, 4) is 0 Å². The molecule has 1 fully saturated rings. The average Bonchev–Trinajstić information content (AvgIpc) is 2.39. The molecule has 1 atom stereocenters. The minimum absolute atomic E-state index is 0.0360. The van der Waals surface area contributed by atoms with Crippen molar-refractivity contribution in [3.63, 3.8) is 0 Å². The van der Waals surface area contributed by atoms with Gasteiger partial charge in [0.2, 0.25) is 0 Å². The first-order valence-electron chi connectivity index (χ1n) is 7.02. The molecule has 0 amide bonds. The van der Waals surface area contributed by atoms with Crippen LogP contribution in [0.2, 0.25) is 0 Å². The third-order valence-corrected chi connectivity index (χ3v) is 4.25. The minimum atomic E-state index is -0.712. The monoisotopic (exact) mass is 345 g/mol. The van der Waals surface area contributed by atoms with Gasteiger partial charge in [-0.2, -0.15) is 0 Å². The van der Waals surface area contributed by atoms with Crippen molar-refractivity contribution in [2.75, 3.05) is 19.8 Å². The lowest BCUT2D eigenvalue weighted by atomic mass is 9.93. The highest BCUT2D eigenvalue weighted by molar-refractivity contribution is 9.10. The molecule has 2 N–H and O–H groups in total. The number of hydrogen-bond donors (Lipinski definition) is 2. The van der Waals surface area contributed by atoms with E-state index in [2.05, 4.69) is 21.2 Å². The van der Waals surface area contributed by atoms with Crippen molar-refractivity contribution >= 4 is 15.9 Å². The molecule has 20 heavy (non-hydrogen) atoms. The van der Waals surface area contributed by atoms with Crippen molar-refractivity contribution in [1.82, 2.24) is 5.32 Å². The molecule has 1 aliphatic rings. The molecule has 0 spiro atoms. The molecule has 112 valence electrons. The highest BCUT2D eigenvalue weighted by atomic mass is 79.9. The highest BCUT2D eigenvalue weighted by Gasteiger charge is 2.30. The van der Waals surface area contributed by atoms with E-state index in [1.165, 1.54) is 6.07 Å². The van der Waals surface area contributed by atoms with Crippen molar-refractivity contribution in [3.05, 3.63) is 34.1 Å². The average molecular weight is 346 g/mol. The zero-order valence-corrected chi connectivity index (χ0v) is 13.2. The van der Waals surface area contributed by atoms with E-state index < -0.39 is 5.60 Å². The van der Waals surface area contributed by atoms with Crippen LogP contribution >= 0.6 is 15.9 Å². The molecule has 1 heterocycles. The molecular formula is C15H21BrFNO2. The summed E-state index contributed by atoms with van der Waals surface area (Å²) in [5.74, 6) is -0.251. The lowest BCUT2D eigenvalue weighted by molar-refractivity contribution is -0.0628. The Balaban J connectivity index is 2.01. The number of halogens is 2. The number of rotatable bonds is 5. The van der Waals surface area contributed by atoms with Gasteiger partial charge in [-0.05, 0) is 30.2 Å². The molecule has 3 nitrogen and oxygen atoms in total. The second kappa shape index (κ2) is 6.98. The molecule has 0 bridgehead atoms. The van der Waals surface area contributed by atoms with Crippen LogP contribution in [0, 0.1) is 5.82 Å². The van der Waals surface area contributed by atoms with Crippen molar-refractivity contribution < 1.29 is 14.2 Å². The number of benzene rings is 1. The molecule has 0 radical (unpaired) electrons. The Morgan fingerprint density at radius 2 is 2.10 bits per heavy atom. The lowest BCUT2D eigenvalue weighted by Gasteiger charge is -2.33. The van der Waals surface area contributed by atoms with Gasteiger partial charge in [-0.3, -0.25) is 0 Å². The third-order valence-electron chi connectivity index (χ3n) is 3.80. The summed E-state index contributed by atoms with van der Waals surface area (Å²) in [7, 11) is 0. The van der Waals surface area contributed by atoms with Crippen LogP contribution in [0.25, 0.3) is 0 Å². The van der Waals surface area contributed by atoms with E-state index in [1.807, 2.05) is 13.0 Å². The van der Waals surface area contributed by atoms with Gasteiger partial charge in [-0.1, -0.05) is 22.9 Å². The molecule has 1 aromatic carbocycles. The number of aliphatic hydroxyl groups is 1. The summed E-state index contributed by atoms with van der Waals surface area (Å²) in [4.78, 5) is 0. The van der Waals surface area contributed by atoms with Gasteiger partial charge >= 0.3 is 0 Å². The summed E-state index contributed by atoms with van der Waals surface area (Å²) in [6.07, 6.45) is 2.12. The van der Waals surface area contributed by atoms with Crippen LogP contribution in [-0.2, 0) is 4.74 Å². The second-order valence-electron chi connectivity index (χ2n) is 5.38. The fourth-order valence-corrected chi connectivity index (χ4v) is 3.00. The molecule has 0 saturated carbocycles. The Morgan fingerprint density at radius 3 is 2.70 bits per heavy atom. The third kappa shape index (κ3) is 4.25. The van der Waals surface area contributed by atoms with Gasteiger partial charge in [-0.25, -0.2) is 4.39 Å². The Morgan fingerprint density at radius 1 is 1.40 bits per heavy atom. The van der Waals surface area contributed by atoms with E-state index in [1.54, 1.807) is 6.07 Å². The second-order valence-corrected chi connectivity index (χ2v) is 6.30. The SMILES string of the molecule is CCC(NCC1(O)CCOCC1)c1cc(F)cc(Br)c1. The summed E-state index contributed by atoms with van der Waals surface area (Å²) in [5, 5.41) is 13.8. The van der Waals surface area contributed by atoms with Gasteiger partial charge in [0.25, 0.3) is 0 Å². The Hall–Kier alpha value is -0.490. The smallest absolute Gasteiger partial charge is 0.124 e. The molecule has 2 rings (SSSR count). The van der Waals surface area contributed by atoms with E-state index in [0.29, 0.717) is 32.6 Å². The lowest BCUT2D eigenvalue weighted by Crippen LogP contribution is -2.45. The van der Waals surface area contributed by atoms with Crippen molar-refractivity contribution in [2.45, 2.75) is 37.8 Å². The van der Waals surface area contributed by atoms with E-state index in [-0.39, 0.29) is 11.9 Å². The molecule has 0 aromatic heterocycles. The van der Waals surface area contributed by atoms with Gasteiger partial charge in [-0.15, -0.1) is 0 Å². The summed E-state index contributed by atoms with van der Waals surface area (Å²) < 4.78 is 19.5. The number of ether oxygens (including phenoxy) is 1. The van der Waals surface area contributed by atoms with Gasteiger partial charge in [0.1, 0.15) is 5.82 Å². The quantitative estimate of drug-likeness (QED) is 0.861. The minimum Gasteiger partial charge on any atom is -0.388 e. The maximum absolute atomic E-state index is 13.5. The summed E-state index contributed by atoms with van der Waals surface area (Å²) in [5.41, 5.74) is 0.186. The Bertz CT molecular complexity index is 429. The first-order valence-corrected chi connectivity index (χ1v) is 7.81. The predicted octanol–water partition coefficient (Wildman–Crippen LogP) is 3.17. The summed E-state index contributed by atoms with van der Waals surface area (Å²) >= 11 is 3.32. The molecule has 1 aromatic rings. The standard InChI is InChI=1S/C15H21BrFNO2/c1-2-14(11-7-12(16)9-13(17)8-11)18-10-15(19)3-5-20-6-4-15/h7-9,14,18-19H,2-6,10H2,1H3. The fourth-order valence-electron chi connectivity index (χ4n) is 2.52. The van der Waals surface area contributed by atoms with Crippen molar-refractivity contribution in [1.29, 1.82) is 0 Å². The van der Waals surface area contributed by atoms with Gasteiger partial charge in [0, 0.05) is 43.1 Å². The Kier molecular flexibility index (Phi) is 5.55. The number of hydrogen-bond acceptors (Lipinski definition) is 3. The molecule has 5 heteroatoms. The van der Waals surface area contributed by atoms with Crippen LogP contribution in [0.1, 0.15) is 37.8 Å². The van der Waals surface area contributed by atoms with Crippen LogP contribution < -0.4 is 5.32 Å².